The molecule has 0 bridgehead atoms. The van der Waals surface area contributed by atoms with Crippen molar-refractivity contribution in [1.82, 2.24) is 0 Å². The van der Waals surface area contributed by atoms with Crippen LogP contribution in [0.15, 0.2) is 0 Å². The van der Waals surface area contributed by atoms with Crippen molar-refractivity contribution in [3.8, 4) is 0 Å². The van der Waals surface area contributed by atoms with Crippen molar-refractivity contribution in [3.05, 3.63) is 0 Å². The Hall–Kier alpha value is -0.530. The first-order chi connectivity index (χ1) is 6.41. The molecule has 0 heterocycles. The molecule has 2 aliphatic carbocycles. The van der Waals surface area contributed by atoms with E-state index in [1.54, 1.807) is 0 Å². The SMILES string of the molecule is CC(C)(C)C1CCC2C(C1)C2C(=O)O. The second kappa shape index (κ2) is 2.98. The van der Waals surface area contributed by atoms with Gasteiger partial charge in [0.25, 0.3) is 0 Å². The van der Waals surface area contributed by atoms with Crippen molar-refractivity contribution < 1.29 is 9.90 Å². The summed E-state index contributed by atoms with van der Waals surface area (Å²) in [5.74, 6) is 1.20. The van der Waals surface area contributed by atoms with E-state index < -0.39 is 5.97 Å². The van der Waals surface area contributed by atoms with E-state index in [0.717, 1.165) is 18.8 Å². The minimum atomic E-state index is -0.561. The van der Waals surface area contributed by atoms with Crippen LogP contribution < -0.4 is 0 Å². The molecule has 2 aliphatic rings. The van der Waals surface area contributed by atoms with Gasteiger partial charge in [-0.05, 0) is 42.4 Å². The van der Waals surface area contributed by atoms with Crippen LogP contribution in [0, 0.1) is 29.1 Å². The third-order valence-electron chi connectivity index (χ3n) is 4.25. The van der Waals surface area contributed by atoms with Gasteiger partial charge in [0.15, 0.2) is 0 Å². The van der Waals surface area contributed by atoms with Crippen LogP contribution in [-0.2, 0) is 4.79 Å². The summed E-state index contributed by atoms with van der Waals surface area (Å²) in [4.78, 5) is 10.9. The van der Waals surface area contributed by atoms with E-state index >= 15 is 0 Å². The highest BCUT2D eigenvalue weighted by Gasteiger charge is 2.57. The minimum absolute atomic E-state index is 0.00218. The Morgan fingerprint density at radius 2 is 1.86 bits per heavy atom. The fourth-order valence-corrected chi connectivity index (χ4v) is 3.15. The normalized spacial score (nSPS) is 41.6. The summed E-state index contributed by atoms with van der Waals surface area (Å²) in [7, 11) is 0. The summed E-state index contributed by atoms with van der Waals surface area (Å²) in [5.41, 5.74) is 0.358. The molecule has 0 saturated heterocycles. The standard InChI is InChI=1S/C12H20O2/c1-12(2,3)7-4-5-8-9(6-7)10(8)11(13)14/h7-10H,4-6H2,1-3H3,(H,13,14). The molecule has 2 rings (SSSR count). The Kier molecular flexibility index (Phi) is 2.13. The van der Waals surface area contributed by atoms with Crippen LogP contribution in [0.5, 0.6) is 0 Å². The number of carboxylic acid groups (broad SMARTS) is 1. The van der Waals surface area contributed by atoms with E-state index in [1.807, 2.05) is 0 Å². The molecule has 0 aliphatic heterocycles. The van der Waals surface area contributed by atoms with Gasteiger partial charge in [-0.25, -0.2) is 0 Å². The molecule has 2 heteroatoms. The van der Waals surface area contributed by atoms with Gasteiger partial charge in [0, 0.05) is 0 Å². The minimum Gasteiger partial charge on any atom is -0.481 e. The average molecular weight is 196 g/mol. The van der Waals surface area contributed by atoms with Crippen molar-refractivity contribution in [2.75, 3.05) is 0 Å². The Labute approximate surface area is 85.7 Å². The molecule has 0 radical (unpaired) electrons. The second-order valence-corrected chi connectivity index (χ2v) is 6.07. The van der Waals surface area contributed by atoms with Crippen molar-refractivity contribution in [2.24, 2.45) is 29.1 Å². The van der Waals surface area contributed by atoms with Crippen LogP contribution in [-0.4, -0.2) is 11.1 Å². The largest absolute Gasteiger partial charge is 0.481 e. The number of aliphatic carboxylic acids is 1. The number of fused-ring (bicyclic) bond motifs is 1. The summed E-state index contributed by atoms with van der Waals surface area (Å²) in [6, 6.07) is 0. The Morgan fingerprint density at radius 1 is 1.21 bits per heavy atom. The molecule has 2 saturated carbocycles. The topological polar surface area (TPSA) is 37.3 Å². The lowest BCUT2D eigenvalue weighted by Crippen LogP contribution is -2.23. The number of hydrogen-bond donors (Lipinski definition) is 1. The second-order valence-electron chi connectivity index (χ2n) is 6.07. The van der Waals surface area contributed by atoms with E-state index in [2.05, 4.69) is 20.8 Å². The van der Waals surface area contributed by atoms with Crippen molar-refractivity contribution in [2.45, 2.75) is 40.0 Å². The maximum Gasteiger partial charge on any atom is 0.307 e. The zero-order valence-corrected chi connectivity index (χ0v) is 9.29. The first kappa shape index (κ1) is 10.0. The predicted molar refractivity (Wildman–Crippen MR) is 54.9 cm³/mol. The van der Waals surface area contributed by atoms with Crippen molar-refractivity contribution in [3.63, 3.8) is 0 Å². The zero-order chi connectivity index (χ0) is 10.5. The summed E-state index contributed by atoms with van der Waals surface area (Å²) < 4.78 is 0. The van der Waals surface area contributed by atoms with Crippen LogP contribution >= 0.6 is 0 Å². The lowest BCUT2D eigenvalue weighted by Gasteiger charge is -2.33. The molecule has 2 nitrogen and oxygen atoms in total. The van der Waals surface area contributed by atoms with Crippen LogP contribution in [0.25, 0.3) is 0 Å². The molecule has 0 aromatic carbocycles. The van der Waals surface area contributed by atoms with Crippen LogP contribution in [0.3, 0.4) is 0 Å². The van der Waals surface area contributed by atoms with E-state index in [9.17, 15) is 4.79 Å². The zero-order valence-electron chi connectivity index (χ0n) is 9.29. The molecule has 80 valence electrons. The fraction of sp³-hybridized carbons (Fsp3) is 0.917. The molecule has 0 amide bonds. The highest BCUT2D eigenvalue weighted by Crippen LogP contribution is 2.59. The maximum absolute atomic E-state index is 10.9. The highest BCUT2D eigenvalue weighted by molar-refractivity contribution is 5.74. The van der Waals surface area contributed by atoms with Gasteiger partial charge in [-0.2, -0.15) is 0 Å². The Balaban J connectivity index is 1.98. The third-order valence-corrected chi connectivity index (χ3v) is 4.25. The maximum atomic E-state index is 10.9. The summed E-state index contributed by atoms with van der Waals surface area (Å²) in [5, 5.41) is 8.97. The molecule has 14 heavy (non-hydrogen) atoms. The van der Waals surface area contributed by atoms with Gasteiger partial charge in [-0.1, -0.05) is 20.8 Å². The van der Waals surface area contributed by atoms with Gasteiger partial charge < -0.3 is 5.11 Å². The van der Waals surface area contributed by atoms with Gasteiger partial charge >= 0.3 is 5.97 Å². The molecule has 2 fully saturated rings. The highest BCUT2D eigenvalue weighted by atomic mass is 16.4. The molecule has 0 aromatic heterocycles. The van der Waals surface area contributed by atoms with E-state index in [1.165, 1.54) is 6.42 Å². The molecule has 4 unspecified atom stereocenters. The van der Waals surface area contributed by atoms with Gasteiger partial charge in [-0.3, -0.25) is 4.79 Å². The molecule has 0 aromatic rings. The Bertz CT molecular complexity index is 252. The van der Waals surface area contributed by atoms with Crippen LogP contribution in [0.2, 0.25) is 0 Å². The van der Waals surface area contributed by atoms with Crippen molar-refractivity contribution in [1.29, 1.82) is 0 Å². The summed E-state index contributed by atoms with van der Waals surface area (Å²) in [6.45, 7) is 6.82. The van der Waals surface area contributed by atoms with Gasteiger partial charge in [0.05, 0.1) is 5.92 Å². The predicted octanol–water partition coefficient (Wildman–Crippen LogP) is 2.78. The average Bonchev–Trinajstić information content (AvgIpc) is 2.74. The fourth-order valence-electron chi connectivity index (χ4n) is 3.15. The van der Waals surface area contributed by atoms with Gasteiger partial charge in [0.2, 0.25) is 0 Å². The number of carbonyl (C=O) groups is 1. The van der Waals surface area contributed by atoms with E-state index in [-0.39, 0.29) is 5.92 Å². The van der Waals surface area contributed by atoms with Crippen LogP contribution in [0.1, 0.15) is 40.0 Å². The number of carboxylic acids is 1. The molecule has 0 spiro atoms. The molecular formula is C12H20O2. The van der Waals surface area contributed by atoms with Crippen LogP contribution in [0.4, 0.5) is 0 Å². The Morgan fingerprint density at radius 3 is 2.36 bits per heavy atom. The smallest absolute Gasteiger partial charge is 0.307 e. The first-order valence-corrected chi connectivity index (χ1v) is 5.64. The molecule has 1 N–H and O–H groups in total. The lowest BCUT2D eigenvalue weighted by molar-refractivity contribution is -0.139. The summed E-state index contributed by atoms with van der Waals surface area (Å²) in [6.07, 6.45) is 3.52. The third kappa shape index (κ3) is 1.55. The quantitative estimate of drug-likeness (QED) is 0.700. The molecule has 4 atom stereocenters. The number of hydrogen-bond acceptors (Lipinski definition) is 1. The lowest BCUT2D eigenvalue weighted by atomic mass is 9.72. The summed E-state index contributed by atoms with van der Waals surface area (Å²) >= 11 is 0. The van der Waals surface area contributed by atoms with Crippen molar-refractivity contribution >= 4 is 5.97 Å². The molecular weight excluding hydrogens is 176 g/mol. The van der Waals surface area contributed by atoms with Gasteiger partial charge in [0.1, 0.15) is 0 Å². The first-order valence-electron chi connectivity index (χ1n) is 5.64. The van der Waals surface area contributed by atoms with Gasteiger partial charge in [-0.15, -0.1) is 0 Å². The monoisotopic (exact) mass is 196 g/mol. The number of rotatable bonds is 1. The van der Waals surface area contributed by atoms with E-state index in [0.29, 0.717) is 17.3 Å². The van der Waals surface area contributed by atoms with E-state index in [4.69, 9.17) is 5.11 Å².